The van der Waals surface area contributed by atoms with Crippen LogP contribution in [0.4, 0.5) is 17.1 Å². The number of aliphatic carboxylic acids is 1. The number of nitrogens with one attached hydrogen (secondary N) is 2. The van der Waals surface area contributed by atoms with Gasteiger partial charge in [-0.05, 0) is 130 Å². The lowest BCUT2D eigenvalue weighted by Crippen LogP contribution is -2.26. The van der Waals surface area contributed by atoms with Crippen LogP contribution in [-0.2, 0) is 17.8 Å². The van der Waals surface area contributed by atoms with Crippen LogP contribution < -0.4 is 16.4 Å². The molecule has 3 atom stereocenters. The number of allylic oxidation sites excluding steroid dienone is 1. The lowest BCUT2D eigenvalue weighted by molar-refractivity contribution is -0.137. The third kappa shape index (κ3) is 8.26. The van der Waals surface area contributed by atoms with Crippen molar-refractivity contribution >= 4 is 40.9 Å². The number of carbonyl (C=O) groups is 3. The summed E-state index contributed by atoms with van der Waals surface area (Å²) in [7, 11) is 0. The number of aliphatic imine (C=N–C) groups is 1. The topological polar surface area (TPSA) is 134 Å². The molecular weight excluding hydrogens is 733 g/mol. The van der Waals surface area contributed by atoms with Crippen LogP contribution in [-0.4, -0.2) is 29.0 Å². The molecule has 0 fully saturated rings. The van der Waals surface area contributed by atoms with Gasteiger partial charge in [0.1, 0.15) is 0 Å². The van der Waals surface area contributed by atoms with E-state index in [9.17, 15) is 19.5 Å². The molecule has 5 N–H and O–H groups in total. The molecule has 1 heterocycles. The van der Waals surface area contributed by atoms with Gasteiger partial charge in [-0.25, -0.2) is 0 Å². The van der Waals surface area contributed by atoms with Crippen molar-refractivity contribution < 1.29 is 19.5 Å². The Bertz CT molecular complexity index is 2590. The number of hydrogen-bond donors (Lipinski definition) is 4. The third-order valence-electron chi connectivity index (χ3n) is 11.7. The van der Waals surface area contributed by atoms with Crippen molar-refractivity contribution in [2.24, 2.45) is 10.7 Å². The van der Waals surface area contributed by atoms with E-state index in [-0.39, 0.29) is 29.9 Å². The molecular formula is C51H46N4O4. The zero-order valence-electron chi connectivity index (χ0n) is 32.9. The molecule has 0 saturated carbocycles. The molecule has 6 aromatic rings. The second-order valence-electron chi connectivity index (χ2n) is 15.4. The van der Waals surface area contributed by atoms with E-state index < -0.39 is 11.9 Å². The molecule has 8 heteroatoms. The normalized spacial score (nSPS) is 17.0. The molecule has 9 rings (SSSR count). The molecule has 3 unspecified atom stereocenters. The standard InChI is InChI=1S/C42H38N2O4.C9H8N2/c1-25-10-13-30(23-38(45)46)34-20-21-35-33-8-3-2-6-29(33)22-37(40(35)39(25)34)41(47)28-16-18-31(19-17-28)44-42(48)36-9-5-4-7-32(36)27-14-11-26(24-43)12-15-27;1-2-5-9-8(4-1)10-6-3-7-11-9/h2-9,11-12,14-21,25,30,37H,10,13,22-24,43H2,1H3,(H,44,48)(H,45,46);1-7,10H. The van der Waals surface area contributed by atoms with E-state index in [0.717, 1.165) is 74.3 Å². The maximum atomic E-state index is 14.4. The van der Waals surface area contributed by atoms with Gasteiger partial charge in [0.05, 0.1) is 23.7 Å². The molecule has 0 aromatic heterocycles. The van der Waals surface area contributed by atoms with Crippen molar-refractivity contribution in [1.82, 2.24) is 0 Å². The summed E-state index contributed by atoms with van der Waals surface area (Å²) in [6.45, 7) is 2.65. The minimum atomic E-state index is -0.798. The number of benzene rings is 6. The fourth-order valence-corrected chi connectivity index (χ4v) is 8.73. The van der Waals surface area contributed by atoms with Gasteiger partial charge in [0, 0.05) is 35.8 Å². The van der Waals surface area contributed by atoms with Gasteiger partial charge in [0.15, 0.2) is 5.78 Å². The van der Waals surface area contributed by atoms with Gasteiger partial charge in [-0.15, -0.1) is 0 Å². The first-order valence-corrected chi connectivity index (χ1v) is 20.1. The summed E-state index contributed by atoms with van der Waals surface area (Å²) < 4.78 is 0. The van der Waals surface area contributed by atoms with Crippen molar-refractivity contribution in [1.29, 1.82) is 0 Å². The molecule has 1 amide bonds. The molecule has 0 bridgehead atoms. The molecule has 0 spiro atoms. The summed E-state index contributed by atoms with van der Waals surface area (Å²) in [5.41, 5.74) is 18.9. The van der Waals surface area contributed by atoms with Crippen LogP contribution >= 0.6 is 0 Å². The maximum absolute atomic E-state index is 14.4. The highest BCUT2D eigenvalue weighted by molar-refractivity contribution is 6.09. The minimum Gasteiger partial charge on any atom is -0.481 e. The largest absolute Gasteiger partial charge is 0.481 e. The van der Waals surface area contributed by atoms with E-state index in [4.69, 9.17) is 5.73 Å². The number of hydrogen-bond acceptors (Lipinski definition) is 6. The van der Waals surface area contributed by atoms with Crippen LogP contribution in [0.25, 0.3) is 22.3 Å². The van der Waals surface area contributed by atoms with Gasteiger partial charge >= 0.3 is 5.97 Å². The smallest absolute Gasteiger partial charge is 0.303 e. The Kier molecular flexibility index (Phi) is 11.4. The van der Waals surface area contributed by atoms with E-state index in [1.54, 1.807) is 36.5 Å². The number of Topliss-reactive ketones (excluding diaryl/α,β-unsaturated/α-hetero) is 1. The zero-order valence-corrected chi connectivity index (χ0v) is 32.9. The van der Waals surface area contributed by atoms with Gasteiger partial charge in [0.2, 0.25) is 0 Å². The van der Waals surface area contributed by atoms with Crippen LogP contribution in [0.2, 0.25) is 0 Å². The second kappa shape index (κ2) is 17.3. The second-order valence-corrected chi connectivity index (χ2v) is 15.4. The number of rotatable bonds is 8. The third-order valence-corrected chi connectivity index (χ3v) is 11.7. The van der Waals surface area contributed by atoms with Gasteiger partial charge in [-0.2, -0.15) is 0 Å². The number of amides is 1. The number of nitrogens with two attached hydrogens (primary N) is 1. The average molecular weight is 779 g/mol. The first-order chi connectivity index (χ1) is 28.8. The molecule has 1 aliphatic heterocycles. The van der Waals surface area contributed by atoms with E-state index >= 15 is 0 Å². The van der Waals surface area contributed by atoms with Crippen LogP contribution in [0.15, 0.2) is 151 Å². The van der Waals surface area contributed by atoms with Crippen molar-refractivity contribution in [2.75, 3.05) is 10.6 Å². The van der Waals surface area contributed by atoms with Crippen LogP contribution in [0, 0.1) is 0 Å². The highest BCUT2D eigenvalue weighted by Gasteiger charge is 2.37. The zero-order chi connectivity index (χ0) is 40.9. The number of fused-ring (bicyclic) bond motifs is 6. The summed E-state index contributed by atoms with van der Waals surface area (Å²) in [4.78, 5) is 43.9. The Balaban J connectivity index is 0.000000378. The highest BCUT2D eigenvalue weighted by atomic mass is 16.4. The Hall–Kier alpha value is -6.90. The van der Waals surface area contributed by atoms with Gasteiger partial charge in [-0.1, -0.05) is 97.9 Å². The Morgan fingerprint density at radius 2 is 1.51 bits per heavy atom. The first kappa shape index (κ1) is 38.9. The average Bonchev–Trinajstić information content (AvgIpc) is 3.53. The summed E-state index contributed by atoms with van der Waals surface area (Å²) in [5.74, 6) is -1.25. The van der Waals surface area contributed by atoms with E-state index in [1.165, 1.54) is 0 Å². The molecule has 2 aliphatic carbocycles. The van der Waals surface area contributed by atoms with Gasteiger partial charge < -0.3 is 21.5 Å². The number of carboxylic acid groups (broad SMARTS) is 1. The summed E-state index contributed by atoms with van der Waals surface area (Å²) >= 11 is 0. The van der Waals surface area contributed by atoms with Crippen LogP contribution in [0.3, 0.4) is 0 Å². The van der Waals surface area contributed by atoms with Gasteiger partial charge in [0.25, 0.3) is 5.91 Å². The fourth-order valence-electron chi connectivity index (χ4n) is 8.73. The summed E-state index contributed by atoms with van der Waals surface area (Å²) in [5, 5.41) is 15.8. The van der Waals surface area contributed by atoms with E-state index in [0.29, 0.717) is 29.8 Å². The highest BCUT2D eigenvalue weighted by Crippen LogP contribution is 2.50. The Morgan fingerprint density at radius 1 is 0.780 bits per heavy atom. The number of ketones is 1. The summed E-state index contributed by atoms with van der Waals surface area (Å²) in [6.07, 6.45) is 7.91. The van der Waals surface area contributed by atoms with Crippen molar-refractivity contribution in [3.8, 4) is 22.3 Å². The SMILES string of the molecule is C1=CNc2ccccc2N=C1.CC1CCC(CC(=O)O)c2ccc3c(c21)C(C(=O)c1ccc(NC(=O)c2ccccc2-c2ccc(CN)cc2)cc1)Cc1ccccc1-3. The Labute approximate surface area is 344 Å². The number of anilines is 2. The first-order valence-electron chi connectivity index (χ1n) is 20.1. The van der Waals surface area contributed by atoms with Crippen LogP contribution in [0.1, 0.15) is 92.5 Å². The molecule has 0 saturated heterocycles. The van der Waals surface area contributed by atoms with Crippen molar-refractivity contribution in [3.05, 3.63) is 185 Å². The van der Waals surface area contributed by atoms with Gasteiger partial charge in [-0.3, -0.25) is 19.4 Å². The lowest BCUT2D eigenvalue weighted by Gasteiger charge is -2.37. The van der Waals surface area contributed by atoms with Crippen LogP contribution in [0.5, 0.6) is 0 Å². The van der Waals surface area contributed by atoms with Crippen molar-refractivity contribution in [2.45, 2.75) is 56.9 Å². The quantitative estimate of drug-likeness (QED) is 0.114. The lowest BCUT2D eigenvalue weighted by atomic mass is 9.66. The molecule has 0 radical (unpaired) electrons. The number of carbonyl (C=O) groups excluding carboxylic acids is 2. The molecule has 6 aromatic carbocycles. The molecule has 294 valence electrons. The Morgan fingerprint density at radius 3 is 2.29 bits per heavy atom. The number of para-hydroxylation sites is 2. The molecule has 8 nitrogen and oxygen atoms in total. The fraction of sp³-hybridized carbons (Fsp3) is 0.176. The molecule has 59 heavy (non-hydrogen) atoms. The predicted molar refractivity (Wildman–Crippen MR) is 237 cm³/mol. The predicted octanol–water partition coefficient (Wildman–Crippen LogP) is 11.0. The number of nitrogens with zero attached hydrogens (tertiary/aromatic N) is 1. The maximum Gasteiger partial charge on any atom is 0.303 e. The van der Waals surface area contributed by atoms with E-state index in [2.05, 4.69) is 46.8 Å². The van der Waals surface area contributed by atoms with Crippen molar-refractivity contribution in [3.63, 3.8) is 0 Å². The summed E-state index contributed by atoms with van der Waals surface area (Å²) in [6, 6.07) is 42.9. The monoisotopic (exact) mass is 778 g/mol. The molecule has 3 aliphatic rings. The van der Waals surface area contributed by atoms with E-state index in [1.807, 2.05) is 91.1 Å². The number of carboxylic acids is 1. The minimum absolute atomic E-state index is 0.0239.